The first-order chi connectivity index (χ1) is 8.15. The van der Waals surface area contributed by atoms with E-state index in [1.807, 2.05) is 12.1 Å². The molecule has 1 heterocycles. The number of amides is 1. The number of nitrogens with zero attached hydrogens (tertiary/aromatic N) is 1. The number of halogens is 2. The monoisotopic (exact) mass is 310 g/mol. The van der Waals surface area contributed by atoms with Crippen molar-refractivity contribution in [3.05, 3.63) is 57.8 Å². The van der Waals surface area contributed by atoms with E-state index in [1.165, 1.54) is 0 Å². The largest absolute Gasteiger partial charge is 0.321 e. The molecule has 2 aromatic rings. The van der Waals surface area contributed by atoms with E-state index in [2.05, 4.69) is 26.2 Å². The Labute approximate surface area is 112 Å². The highest BCUT2D eigenvalue weighted by molar-refractivity contribution is 9.10. The first kappa shape index (κ1) is 12.1. The maximum absolute atomic E-state index is 11.8. The predicted molar refractivity (Wildman–Crippen MR) is 71.3 cm³/mol. The van der Waals surface area contributed by atoms with Gasteiger partial charge in [0, 0.05) is 10.2 Å². The van der Waals surface area contributed by atoms with Crippen molar-refractivity contribution < 1.29 is 4.79 Å². The van der Waals surface area contributed by atoms with Crippen LogP contribution in [0, 0.1) is 0 Å². The number of carbonyl (C=O) groups is 1. The highest BCUT2D eigenvalue weighted by Crippen LogP contribution is 2.15. The summed E-state index contributed by atoms with van der Waals surface area (Å²) in [7, 11) is 0. The molecule has 2 rings (SSSR count). The molecule has 0 atom stereocenters. The molecular weight excluding hydrogens is 304 g/mol. The lowest BCUT2D eigenvalue weighted by Gasteiger charge is -2.04. The highest BCUT2D eigenvalue weighted by atomic mass is 79.9. The normalized spacial score (nSPS) is 10.0. The molecule has 1 aromatic heterocycles. The topological polar surface area (TPSA) is 42.0 Å². The summed E-state index contributed by atoms with van der Waals surface area (Å²) < 4.78 is 0.955. The standard InChI is InChI=1S/C12H8BrClN2O/c13-8-4-6-9(7-5-8)15-12(17)10-2-1-3-11(14)16-10/h1-7H,(H,15,17). The van der Waals surface area contributed by atoms with Crippen molar-refractivity contribution in [1.29, 1.82) is 0 Å². The van der Waals surface area contributed by atoms with Crippen molar-refractivity contribution in [1.82, 2.24) is 4.98 Å². The smallest absolute Gasteiger partial charge is 0.274 e. The number of hydrogen-bond donors (Lipinski definition) is 1. The van der Waals surface area contributed by atoms with Crippen LogP contribution in [0.1, 0.15) is 10.5 Å². The molecule has 1 amide bonds. The minimum atomic E-state index is -0.283. The van der Waals surface area contributed by atoms with Crippen LogP contribution in [-0.4, -0.2) is 10.9 Å². The van der Waals surface area contributed by atoms with Crippen LogP contribution in [0.5, 0.6) is 0 Å². The van der Waals surface area contributed by atoms with Gasteiger partial charge in [-0.3, -0.25) is 4.79 Å². The Morgan fingerprint density at radius 1 is 1.18 bits per heavy atom. The second kappa shape index (κ2) is 5.29. The summed E-state index contributed by atoms with van der Waals surface area (Å²) >= 11 is 9.04. The summed E-state index contributed by atoms with van der Waals surface area (Å²) in [6.45, 7) is 0. The molecule has 0 fully saturated rings. The fraction of sp³-hybridized carbons (Fsp3) is 0. The van der Waals surface area contributed by atoms with Gasteiger partial charge >= 0.3 is 0 Å². The Balaban J connectivity index is 2.14. The van der Waals surface area contributed by atoms with Gasteiger partial charge in [-0.2, -0.15) is 0 Å². The summed E-state index contributed by atoms with van der Waals surface area (Å²) in [5.74, 6) is -0.283. The van der Waals surface area contributed by atoms with Gasteiger partial charge in [0.25, 0.3) is 5.91 Å². The molecule has 0 unspecified atom stereocenters. The number of pyridine rings is 1. The number of anilines is 1. The predicted octanol–water partition coefficient (Wildman–Crippen LogP) is 3.75. The third-order valence-electron chi connectivity index (χ3n) is 2.05. The lowest BCUT2D eigenvalue weighted by atomic mass is 10.3. The van der Waals surface area contributed by atoms with E-state index < -0.39 is 0 Å². The van der Waals surface area contributed by atoms with Gasteiger partial charge in [0.15, 0.2) is 0 Å². The molecular formula is C12H8BrClN2O. The molecule has 86 valence electrons. The number of carbonyl (C=O) groups excluding carboxylic acids is 1. The fourth-order valence-electron chi connectivity index (χ4n) is 1.26. The Bertz CT molecular complexity index is 542. The Morgan fingerprint density at radius 2 is 1.88 bits per heavy atom. The van der Waals surface area contributed by atoms with Crippen LogP contribution in [0.4, 0.5) is 5.69 Å². The first-order valence-electron chi connectivity index (χ1n) is 4.84. The zero-order chi connectivity index (χ0) is 12.3. The molecule has 5 heteroatoms. The van der Waals surface area contributed by atoms with Crippen molar-refractivity contribution in [3.63, 3.8) is 0 Å². The molecule has 0 aliphatic heterocycles. The summed E-state index contributed by atoms with van der Waals surface area (Å²) in [6.07, 6.45) is 0. The molecule has 3 nitrogen and oxygen atoms in total. The maximum Gasteiger partial charge on any atom is 0.274 e. The van der Waals surface area contributed by atoms with Crippen LogP contribution >= 0.6 is 27.5 Å². The van der Waals surface area contributed by atoms with E-state index in [0.29, 0.717) is 16.5 Å². The number of rotatable bonds is 2. The van der Waals surface area contributed by atoms with Crippen LogP contribution in [-0.2, 0) is 0 Å². The van der Waals surface area contributed by atoms with Gasteiger partial charge < -0.3 is 5.32 Å². The van der Waals surface area contributed by atoms with E-state index in [4.69, 9.17) is 11.6 Å². The summed E-state index contributed by atoms with van der Waals surface area (Å²) in [5.41, 5.74) is 1.00. The van der Waals surface area contributed by atoms with Crippen molar-refractivity contribution in [3.8, 4) is 0 Å². The molecule has 0 radical (unpaired) electrons. The van der Waals surface area contributed by atoms with Crippen LogP contribution in [0.15, 0.2) is 46.9 Å². The average molecular weight is 312 g/mol. The second-order valence-corrected chi connectivity index (χ2v) is 4.61. The highest BCUT2D eigenvalue weighted by Gasteiger charge is 2.07. The lowest BCUT2D eigenvalue weighted by Crippen LogP contribution is -2.13. The van der Waals surface area contributed by atoms with Crippen LogP contribution in [0.2, 0.25) is 5.15 Å². The summed E-state index contributed by atoms with van der Waals surface area (Å²) in [4.78, 5) is 15.7. The molecule has 17 heavy (non-hydrogen) atoms. The number of hydrogen-bond acceptors (Lipinski definition) is 2. The quantitative estimate of drug-likeness (QED) is 0.858. The van der Waals surface area contributed by atoms with Crippen LogP contribution in [0.3, 0.4) is 0 Å². The Hall–Kier alpha value is -1.39. The van der Waals surface area contributed by atoms with Crippen molar-refractivity contribution >= 4 is 39.1 Å². The van der Waals surface area contributed by atoms with E-state index in [0.717, 1.165) is 4.47 Å². The number of benzene rings is 1. The SMILES string of the molecule is O=C(Nc1ccc(Br)cc1)c1cccc(Cl)n1. The third-order valence-corrected chi connectivity index (χ3v) is 2.79. The molecule has 1 N–H and O–H groups in total. The van der Waals surface area contributed by atoms with E-state index >= 15 is 0 Å². The van der Waals surface area contributed by atoms with E-state index in [9.17, 15) is 4.79 Å². The van der Waals surface area contributed by atoms with Gasteiger partial charge in [-0.1, -0.05) is 33.6 Å². The fourth-order valence-corrected chi connectivity index (χ4v) is 1.69. The van der Waals surface area contributed by atoms with Crippen LogP contribution < -0.4 is 5.32 Å². The number of nitrogens with one attached hydrogen (secondary N) is 1. The minimum Gasteiger partial charge on any atom is -0.321 e. The lowest BCUT2D eigenvalue weighted by molar-refractivity contribution is 0.102. The zero-order valence-electron chi connectivity index (χ0n) is 8.65. The third kappa shape index (κ3) is 3.28. The van der Waals surface area contributed by atoms with Gasteiger partial charge in [-0.05, 0) is 36.4 Å². The zero-order valence-corrected chi connectivity index (χ0v) is 11.0. The molecule has 0 spiro atoms. The van der Waals surface area contributed by atoms with Crippen molar-refractivity contribution in [2.45, 2.75) is 0 Å². The van der Waals surface area contributed by atoms with Gasteiger partial charge in [0.2, 0.25) is 0 Å². The molecule has 0 bridgehead atoms. The van der Waals surface area contributed by atoms with Gasteiger partial charge in [-0.25, -0.2) is 4.98 Å². The van der Waals surface area contributed by atoms with Crippen LogP contribution in [0.25, 0.3) is 0 Å². The molecule has 1 aromatic carbocycles. The number of aromatic nitrogens is 1. The van der Waals surface area contributed by atoms with Gasteiger partial charge in [0.05, 0.1) is 0 Å². The van der Waals surface area contributed by atoms with E-state index in [-0.39, 0.29) is 5.91 Å². The molecule has 0 saturated carbocycles. The minimum absolute atomic E-state index is 0.283. The average Bonchev–Trinajstić information content (AvgIpc) is 2.32. The molecule has 0 aliphatic rings. The second-order valence-electron chi connectivity index (χ2n) is 3.31. The summed E-state index contributed by atoms with van der Waals surface area (Å²) in [5, 5.41) is 3.03. The first-order valence-corrected chi connectivity index (χ1v) is 6.02. The molecule has 0 aliphatic carbocycles. The Kier molecular flexibility index (Phi) is 3.76. The maximum atomic E-state index is 11.8. The van der Waals surface area contributed by atoms with Crippen molar-refractivity contribution in [2.24, 2.45) is 0 Å². The summed E-state index contributed by atoms with van der Waals surface area (Å²) in [6, 6.07) is 12.2. The van der Waals surface area contributed by atoms with E-state index in [1.54, 1.807) is 30.3 Å². The van der Waals surface area contributed by atoms with Gasteiger partial charge in [0.1, 0.15) is 10.8 Å². The molecule has 0 saturated heterocycles. The van der Waals surface area contributed by atoms with Gasteiger partial charge in [-0.15, -0.1) is 0 Å². The van der Waals surface area contributed by atoms with Crippen molar-refractivity contribution in [2.75, 3.05) is 5.32 Å². The Morgan fingerprint density at radius 3 is 2.53 bits per heavy atom.